The van der Waals surface area contributed by atoms with Gasteiger partial charge in [-0.05, 0) is 30.7 Å². The van der Waals surface area contributed by atoms with Crippen LogP contribution in [0, 0.1) is 0 Å². The molecule has 1 aromatic heterocycles. The summed E-state index contributed by atoms with van der Waals surface area (Å²) in [5.74, 6) is 0. The maximum Gasteiger partial charge on any atom is 0.205 e. The van der Waals surface area contributed by atoms with Crippen molar-refractivity contribution in [3.8, 4) is 0 Å². The lowest BCUT2D eigenvalue weighted by Gasteiger charge is -2.26. The van der Waals surface area contributed by atoms with E-state index in [9.17, 15) is 0 Å². The van der Waals surface area contributed by atoms with E-state index in [4.69, 9.17) is 0 Å². The number of rotatable bonds is 2. The molecule has 0 saturated carbocycles. The zero-order valence-corrected chi connectivity index (χ0v) is 14.5. The minimum Gasteiger partial charge on any atom is -1.00 e. The number of aromatic nitrogens is 1. The van der Waals surface area contributed by atoms with E-state index >= 15 is 0 Å². The molecule has 2 heterocycles. The van der Waals surface area contributed by atoms with Gasteiger partial charge in [-0.2, -0.15) is 0 Å². The zero-order chi connectivity index (χ0) is 13.9. The molecule has 0 fully saturated rings. The van der Waals surface area contributed by atoms with Crippen molar-refractivity contribution in [2.45, 2.75) is 6.92 Å². The second kappa shape index (κ2) is 6.89. The Labute approximate surface area is 143 Å². The van der Waals surface area contributed by atoms with Gasteiger partial charge in [0.05, 0.1) is 0 Å². The molecule has 0 bridgehead atoms. The van der Waals surface area contributed by atoms with Crippen molar-refractivity contribution in [2.24, 2.45) is 7.05 Å². The Morgan fingerprint density at radius 1 is 1.10 bits per heavy atom. The average molecular weight is 390 g/mol. The molecule has 0 unspecified atom stereocenters. The number of hydrogen-bond donors (Lipinski definition) is 0. The van der Waals surface area contributed by atoms with Crippen LogP contribution >= 0.6 is 0 Å². The molecule has 0 spiro atoms. The van der Waals surface area contributed by atoms with Gasteiger partial charge in [0, 0.05) is 42.2 Å². The molecule has 0 atom stereocenters. The van der Waals surface area contributed by atoms with E-state index in [1.54, 1.807) is 0 Å². The van der Waals surface area contributed by atoms with E-state index in [1.165, 1.54) is 22.5 Å². The van der Waals surface area contributed by atoms with Crippen LogP contribution in [0.3, 0.4) is 0 Å². The van der Waals surface area contributed by atoms with Crippen LogP contribution in [0.4, 0.5) is 5.69 Å². The van der Waals surface area contributed by atoms with Gasteiger partial charge in [0.1, 0.15) is 7.05 Å². The summed E-state index contributed by atoms with van der Waals surface area (Å²) in [5, 5.41) is 0. The molecule has 0 amide bonds. The summed E-state index contributed by atoms with van der Waals surface area (Å²) in [6.07, 6.45) is 8.67. The van der Waals surface area contributed by atoms with Gasteiger partial charge in [0.25, 0.3) is 0 Å². The Kier molecular flexibility index (Phi) is 5.17. The van der Waals surface area contributed by atoms with E-state index in [2.05, 4.69) is 84.4 Å². The van der Waals surface area contributed by atoms with Crippen molar-refractivity contribution >= 4 is 17.3 Å². The van der Waals surface area contributed by atoms with E-state index in [0.717, 1.165) is 6.54 Å². The Morgan fingerprint density at radius 3 is 2.62 bits per heavy atom. The Balaban J connectivity index is 0.00000161. The molecule has 108 valence electrons. The molecule has 1 aliphatic heterocycles. The Bertz CT molecular complexity index is 689. The van der Waals surface area contributed by atoms with Crippen LogP contribution in [-0.2, 0) is 7.05 Å². The van der Waals surface area contributed by atoms with Crippen molar-refractivity contribution < 1.29 is 28.5 Å². The van der Waals surface area contributed by atoms with Crippen LogP contribution in [0.1, 0.15) is 18.2 Å². The highest BCUT2D eigenvalue weighted by Gasteiger charge is 2.15. The van der Waals surface area contributed by atoms with Crippen molar-refractivity contribution in [2.75, 3.05) is 11.4 Å². The van der Waals surface area contributed by atoms with E-state index in [1.807, 2.05) is 6.07 Å². The molecule has 1 aromatic carbocycles. The number of para-hydroxylation sites is 1. The fourth-order valence-corrected chi connectivity index (χ4v) is 2.56. The molecule has 2 aromatic rings. The summed E-state index contributed by atoms with van der Waals surface area (Å²) in [5.41, 5.74) is 5.03. The largest absolute Gasteiger partial charge is 1.00 e. The third-order valence-electron chi connectivity index (χ3n) is 3.70. The molecule has 3 heteroatoms. The lowest BCUT2D eigenvalue weighted by atomic mass is 9.99. The van der Waals surface area contributed by atoms with Gasteiger partial charge in [-0.3, -0.25) is 0 Å². The van der Waals surface area contributed by atoms with Crippen molar-refractivity contribution in [1.82, 2.24) is 0 Å². The lowest BCUT2D eigenvalue weighted by molar-refractivity contribution is -0.673. The third-order valence-corrected chi connectivity index (χ3v) is 3.70. The molecule has 1 aliphatic rings. The van der Waals surface area contributed by atoms with E-state index < -0.39 is 0 Å². The molecule has 2 nitrogen and oxygen atoms in total. The molecular formula is C18H19IN2. The SMILES string of the molecule is CCN1C=C/C(=C/c2cccc[n+]2C)c2ccccc21.[I-]. The van der Waals surface area contributed by atoms with Crippen molar-refractivity contribution in [3.63, 3.8) is 0 Å². The maximum atomic E-state index is 2.28. The first-order valence-electron chi connectivity index (χ1n) is 7.00. The highest BCUT2D eigenvalue weighted by atomic mass is 127. The van der Waals surface area contributed by atoms with Gasteiger partial charge in [0.2, 0.25) is 5.69 Å². The second-order valence-corrected chi connectivity index (χ2v) is 4.95. The number of anilines is 1. The number of pyridine rings is 1. The molecule has 21 heavy (non-hydrogen) atoms. The summed E-state index contributed by atoms with van der Waals surface area (Å²) in [4.78, 5) is 2.28. The van der Waals surface area contributed by atoms with Gasteiger partial charge < -0.3 is 28.9 Å². The minimum absolute atomic E-state index is 0. The summed E-state index contributed by atoms with van der Waals surface area (Å²) in [6, 6.07) is 14.8. The fraction of sp³-hybridized carbons (Fsp3) is 0.167. The van der Waals surface area contributed by atoms with Crippen LogP contribution in [0.15, 0.2) is 60.9 Å². The monoisotopic (exact) mass is 390 g/mol. The molecular weight excluding hydrogens is 371 g/mol. The van der Waals surface area contributed by atoms with Crippen LogP contribution in [0.25, 0.3) is 11.6 Å². The third kappa shape index (κ3) is 3.18. The van der Waals surface area contributed by atoms with E-state index in [-0.39, 0.29) is 24.0 Å². The zero-order valence-electron chi connectivity index (χ0n) is 12.3. The van der Waals surface area contributed by atoms with Crippen molar-refractivity contribution in [3.05, 3.63) is 72.2 Å². The van der Waals surface area contributed by atoms with E-state index in [0.29, 0.717) is 0 Å². The number of halogens is 1. The maximum absolute atomic E-state index is 2.28. The summed E-state index contributed by atoms with van der Waals surface area (Å²) in [7, 11) is 2.07. The highest BCUT2D eigenvalue weighted by molar-refractivity contribution is 5.93. The van der Waals surface area contributed by atoms with Crippen molar-refractivity contribution in [1.29, 1.82) is 0 Å². The van der Waals surface area contributed by atoms with Gasteiger partial charge in [-0.1, -0.05) is 18.2 Å². The van der Waals surface area contributed by atoms with Crippen LogP contribution in [0.5, 0.6) is 0 Å². The summed E-state index contributed by atoms with van der Waals surface area (Å²) >= 11 is 0. The first-order chi connectivity index (χ1) is 9.79. The summed E-state index contributed by atoms with van der Waals surface area (Å²) < 4.78 is 2.13. The number of aryl methyl sites for hydroxylation is 1. The normalized spacial score (nSPS) is 14.8. The van der Waals surface area contributed by atoms with Gasteiger partial charge >= 0.3 is 0 Å². The molecule has 0 saturated heterocycles. The molecule has 0 N–H and O–H groups in total. The number of hydrogen-bond acceptors (Lipinski definition) is 1. The van der Waals surface area contributed by atoms with Crippen LogP contribution in [-0.4, -0.2) is 6.54 Å². The number of benzene rings is 1. The first kappa shape index (κ1) is 15.8. The number of allylic oxidation sites excluding steroid dienone is 2. The minimum atomic E-state index is 0. The highest BCUT2D eigenvalue weighted by Crippen LogP contribution is 2.33. The average Bonchev–Trinajstić information content (AvgIpc) is 2.50. The topological polar surface area (TPSA) is 7.12 Å². The first-order valence-corrected chi connectivity index (χ1v) is 7.00. The second-order valence-electron chi connectivity index (χ2n) is 4.95. The quantitative estimate of drug-likeness (QED) is 0.533. The van der Waals surface area contributed by atoms with Gasteiger partial charge in [-0.15, -0.1) is 0 Å². The summed E-state index contributed by atoms with van der Waals surface area (Å²) in [6.45, 7) is 3.16. The molecule has 0 aliphatic carbocycles. The smallest absolute Gasteiger partial charge is 0.205 e. The number of nitrogens with zero attached hydrogens (tertiary/aromatic N) is 2. The predicted molar refractivity (Wildman–Crippen MR) is 84.1 cm³/mol. The fourth-order valence-electron chi connectivity index (χ4n) is 2.56. The van der Waals surface area contributed by atoms with Crippen LogP contribution in [0.2, 0.25) is 0 Å². The van der Waals surface area contributed by atoms with Gasteiger partial charge in [-0.25, -0.2) is 4.57 Å². The predicted octanol–water partition coefficient (Wildman–Crippen LogP) is 0.409. The lowest BCUT2D eigenvalue weighted by Crippen LogP contribution is -3.00. The molecule has 3 rings (SSSR count). The number of fused-ring (bicyclic) bond motifs is 1. The molecule has 0 radical (unpaired) electrons. The van der Waals surface area contributed by atoms with Crippen LogP contribution < -0.4 is 33.4 Å². The Morgan fingerprint density at radius 2 is 1.86 bits per heavy atom. The Hall–Kier alpha value is -1.62. The standard InChI is InChI=1S/C18H19N2.HI/c1-3-20-13-11-15(17-9-4-5-10-18(17)20)14-16-8-6-7-12-19(16)2;/h4-14H,3H2,1-2H3;1H/q+1;/p-1. The van der Waals surface area contributed by atoms with Gasteiger partial charge in [0.15, 0.2) is 6.20 Å².